The number of aromatic nitrogens is 2. The molecule has 2 nitrogen and oxygen atoms in total. The smallest absolute Gasteiger partial charge is 0.0541 e. The van der Waals surface area contributed by atoms with Crippen LogP contribution in [0.5, 0.6) is 0 Å². The molecule has 3 aliphatic carbocycles. The maximum absolute atomic E-state index is 2.56. The summed E-state index contributed by atoms with van der Waals surface area (Å²) in [5.74, 6) is 0.685. The SMILES string of the molecule is C1=Cc2c(cc3c4c(cccc24)C2C=CC(n4c5ccccc5c5cc(-c6ccc7c(c6)c6ccccc6n7-c6cccc(-c7ccccc7)c6)ccc54)=CC32)CC1. The van der Waals surface area contributed by atoms with Crippen LogP contribution in [-0.4, -0.2) is 9.13 Å². The Bertz CT molecular complexity index is 3460. The molecule has 0 radical (unpaired) electrons. The highest BCUT2D eigenvalue weighted by Gasteiger charge is 2.35. The minimum absolute atomic E-state index is 0.321. The van der Waals surface area contributed by atoms with Crippen molar-refractivity contribution in [2.24, 2.45) is 0 Å². The van der Waals surface area contributed by atoms with Crippen LogP contribution in [0.4, 0.5) is 0 Å². The molecule has 2 heterocycles. The molecule has 2 heteroatoms. The quantitative estimate of drug-likeness (QED) is 0.170. The van der Waals surface area contributed by atoms with Crippen LogP contribution in [0.3, 0.4) is 0 Å². The molecule has 0 bridgehead atoms. The Labute approximate surface area is 336 Å². The summed E-state index contributed by atoms with van der Waals surface area (Å²) in [7, 11) is 0. The van der Waals surface area contributed by atoms with E-state index in [9.17, 15) is 0 Å². The number of nitrogens with zero attached hydrogens (tertiary/aromatic N) is 2. The number of fused-ring (bicyclic) bond motifs is 11. The standard InChI is InChI=1S/C56H38N2/c1-2-12-35(13-3-1)36-15-10-16-40(30-36)57-52-22-8-6-18-44(52)49-31-37(24-28-54(49)57)38-25-29-55-50(32-38)45-19-7-9-23-53(45)58(55)41-26-27-43-47-21-11-20-46-42-17-5-4-14-39(42)33-51(56(46)47)48(43)34-41/h1-3,5-13,15-34,43,48H,4,14H2. The Hall–Kier alpha value is -7.16. The molecule has 2 unspecified atom stereocenters. The second kappa shape index (κ2) is 12.2. The van der Waals surface area contributed by atoms with E-state index in [1.165, 1.54) is 110 Å². The first-order chi connectivity index (χ1) is 28.8. The van der Waals surface area contributed by atoms with E-state index in [1.54, 1.807) is 0 Å². The van der Waals surface area contributed by atoms with Crippen LogP contribution in [0, 0.1) is 0 Å². The number of benzene rings is 8. The van der Waals surface area contributed by atoms with Gasteiger partial charge in [0.15, 0.2) is 0 Å². The molecule has 0 saturated heterocycles. The molecular formula is C56H38N2. The number of hydrogen-bond acceptors (Lipinski definition) is 0. The molecule has 0 saturated carbocycles. The lowest BCUT2D eigenvalue weighted by molar-refractivity contribution is 0.765. The van der Waals surface area contributed by atoms with Gasteiger partial charge in [-0.15, -0.1) is 0 Å². The third kappa shape index (κ3) is 4.54. The molecule has 0 fully saturated rings. The lowest BCUT2D eigenvalue weighted by Crippen LogP contribution is -2.08. The zero-order chi connectivity index (χ0) is 37.9. The van der Waals surface area contributed by atoms with Crippen LogP contribution < -0.4 is 0 Å². The summed E-state index contributed by atoms with van der Waals surface area (Å²) >= 11 is 0. The molecule has 3 aliphatic rings. The van der Waals surface area contributed by atoms with Gasteiger partial charge in [0.1, 0.15) is 0 Å². The van der Waals surface area contributed by atoms with Gasteiger partial charge in [-0.25, -0.2) is 0 Å². The summed E-state index contributed by atoms with van der Waals surface area (Å²) in [4.78, 5) is 0. The highest BCUT2D eigenvalue weighted by Crippen LogP contribution is 2.53. The Morgan fingerprint density at radius 1 is 0.431 bits per heavy atom. The van der Waals surface area contributed by atoms with E-state index in [1.807, 2.05) is 0 Å². The molecule has 58 heavy (non-hydrogen) atoms. The number of aryl methyl sites for hydroxylation is 1. The van der Waals surface area contributed by atoms with Gasteiger partial charge in [-0.05, 0) is 123 Å². The molecule has 0 N–H and O–H groups in total. The normalized spacial score (nSPS) is 16.8. The predicted octanol–water partition coefficient (Wildman–Crippen LogP) is 14.6. The van der Waals surface area contributed by atoms with E-state index < -0.39 is 0 Å². The highest BCUT2D eigenvalue weighted by atomic mass is 15.0. The maximum Gasteiger partial charge on any atom is 0.0541 e. The Balaban J connectivity index is 0.937. The van der Waals surface area contributed by atoms with Crippen LogP contribution >= 0.6 is 0 Å². The average Bonchev–Trinajstić information content (AvgIpc) is 3.92. The fourth-order valence-electron chi connectivity index (χ4n) is 10.7. The molecule has 0 spiro atoms. The van der Waals surface area contributed by atoms with Gasteiger partial charge in [0, 0.05) is 44.8 Å². The first kappa shape index (κ1) is 32.0. The average molecular weight is 739 g/mol. The van der Waals surface area contributed by atoms with Gasteiger partial charge in [0.25, 0.3) is 0 Å². The van der Waals surface area contributed by atoms with Gasteiger partial charge < -0.3 is 9.13 Å². The zero-order valence-corrected chi connectivity index (χ0v) is 31.9. The largest absolute Gasteiger partial charge is 0.310 e. The fourth-order valence-corrected chi connectivity index (χ4v) is 10.7. The van der Waals surface area contributed by atoms with Crippen molar-refractivity contribution in [2.75, 3.05) is 0 Å². The number of rotatable bonds is 4. The van der Waals surface area contributed by atoms with E-state index in [0.29, 0.717) is 11.8 Å². The molecule has 8 aromatic carbocycles. The molecule has 2 atom stereocenters. The van der Waals surface area contributed by atoms with Crippen molar-refractivity contribution in [1.29, 1.82) is 0 Å². The van der Waals surface area contributed by atoms with E-state index in [4.69, 9.17) is 0 Å². The van der Waals surface area contributed by atoms with Crippen LogP contribution in [0.1, 0.15) is 40.5 Å². The number of hydrogen-bond donors (Lipinski definition) is 0. The lowest BCUT2D eigenvalue weighted by atomic mass is 9.84. The third-order valence-corrected chi connectivity index (χ3v) is 13.3. The molecule has 13 rings (SSSR count). The molecule has 10 aromatic rings. The van der Waals surface area contributed by atoms with Crippen molar-refractivity contribution in [3.63, 3.8) is 0 Å². The van der Waals surface area contributed by atoms with E-state index >= 15 is 0 Å². The Morgan fingerprint density at radius 2 is 1.07 bits per heavy atom. The van der Waals surface area contributed by atoms with Crippen LogP contribution in [0.25, 0.3) is 94.1 Å². The van der Waals surface area contributed by atoms with Crippen LogP contribution in [0.15, 0.2) is 188 Å². The summed E-state index contributed by atoms with van der Waals surface area (Å²) in [5.41, 5.74) is 18.1. The Kier molecular flexibility index (Phi) is 6.71. The molecule has 0 amide bonds. The van der Waals surface area contributed by atoms with Crippen molar-refractivity contribution >= 4 is 66.2 Å². The van der Waals surface area contributed by atoms with Crippen molar-refractivity contribution in [2.45, 2.75) is 24.7 Å². The van der Waals surface area contributed by atoms with E-state index in [-0.39, 0.29) is 0 Å². The van der Waals surface area contributed by atoms with Gasteiger partial charge >= 0.3 is 0 Å². The Morgan fingerprint density at radius 3 is 1.86 bits per heavy atom. The maximum atomic E-state index is 2.56. The topological polar surface area (TPSA) is 9.86 Å². The number of allylic oxidation sites excluding steroid dienone is 5. The monoisotopic (exact) mass is 738 g/mol. The van der Waals surface area contributed by atoms with Gasteiger partial charge in [-0.2, -0.15) is 0 Å². The van der Waals surface area contributed by atoms with Gasteiger partial charge in [0.05, 0.1) is 22.1 Å². The molecule has 2 aromatic heterocycles. The summed E-state index contributed by atoms with van der Waals surface area (Å²) in [6, 6.07) is 60.9. The third-order valence-electron chi connectivity index (χ3n) is 13.3. The van der Waals surface area contributed by atoms with Gasteiger partial charge in [0.2, 0.25) is 0 Å². The lowest BCUT2D eigenvalue weighted by Gasteiger charge is -2.23. The first-order valence-corrected chi connectivity index (χ1v) is 20.6. The molecule has 0 aliphatic heterocycles. The van der Waals surface area contributed by atoms with Gasteiger partial charge in [-0.1, -0.05) is 140 Å². The molecule has 272 valence electrons. The summed E-state index contributed by atoms with van der Waals surface area (Å²) in [6.45, 7) is 0. The minimum Gasteiger partial charge on any atom is -0.310 e. The van der Waals surface area contributed by atoms with Gasteiger partial charge in [-0.3, -0.25) is 0 Å². The number of para-hydroxylation sites is 2. The van der Waals surface area contributed by atoms with Crippen molar-refractivity contribution in [1.82, 2.24) is 9.13 Å². The van der Waals surface area contributed by atoms with Crippen molar-refractivity contribution in [3.05, 3.63) is 210 Å². The van der Waals surface area contributed by atoms with E-state index in [2.05, 4.69) is 203 Å². The minimum atomic E-state index is 0.321. The fraction of sp³-hybridized carbons (Fsp3) is 0.0714. The zero-order valence-electron chi connectivity index (χ0n) is 31.9. The van der Waals surface area contributed by atoms with Crippen molar-refractivity contribution in [3.8, 4) is 27.9 Å². The molecular weight excluding hydrogens is 701 g/mol. The second-order valence-electron chi connectivity index (χ2n) is 16.3. The summed E-state index contributed by atoms with van der Waals surface area (Å²) < 4.78 is 4.92. The highest BCUT2D eigenvalue weighted by molar-refractivity contribution is 6.13. The van der Waals surface area contributed by atoms with E-state index in [0.717, 1.165) is 12.8 Å². The second-order valence-corrected chi connectivity index (χ2v) is 16.3. The predicted molar refractivity (Wildman–Crippen MR) is 245 cm³/mol. The van der Waals surface area contributed by atoms with Crippen molar-refractivity contribution < 1.29 is 0 Å². The summed E-state index contributed by atoms with van der Waals surface area (Å²) in [6.07, 6.45) is 14.4. The summed E-state index contributed by atoms with van der Waals surface area (Å²) in [5, 5.41) is 7.98. The first-order valence-electron chi connectivity index (χ1n) is 20.6. The van der Waals surface area contributed by atoms with Crippen LogP contribution in [0.2, 0.25) is 0 Å². The van der Waals surface area contributed by atoms with Crippen LogP contribution in [-0.2, 0) is 6.42 Å².